The highest BCUT2D eigenvalue weighted by Gasteiger charge is 2.20. The molecule has 0 bridgehead atoms. The van der Waals surface area contributed by atoms with Gasteiger partial charge in [-0.3, -0.25) is 10.6 Å². The summed E-state index contributed by atoms with van der Waals surface area (Å²) in [6, 6.07) is -0.455. The Labute approximate surface area is 137 Å². The van der Waals surface area contributed by atoms with Gasteiger partial charge in [0.1, 0.15) is 10.8 Å². The molecule has 0 spiro atoms. The van der Waals surface area contributed by atoms with E-state index in [0.29, 0.717) is 34.4 Å². The van der Waals surface area contributed by atoms with Crippen molar-refractivity contribution in [2.75, 3.05) is 17.2 Å². The first-order valence-electron chi connectivity index (χ1n) is 7.22. The Morgan fingerprint density at radius 2 is 1.96 bits per heavy atom. The summed E-state index contributed by atoms with van der Waals surface area (Å²) in [5.41, 5.74) is 1.70. The number of H-pyrrole nitrogens is 1. The Bertz CT molecular complexity index is 722. The summed E-state index contributed by atoms with van der Waals surface area (Å²) in [6.07, 6.45) is 0.763. The van der Waals surface area contributed by atoms with Gasteiger partial charge in [0.25, 0.3) is 0 Å². The third-order valence-corrected chi connectivity index (χ3v) is 4.13. The maximum Gasteiger partial charge on any atom is 0.340 e. The molecule has 0 saturated carbocycles. The quantitative estimate of drug-likeness (QED) is 0.727. The fourth-order valence-electron chi connectivity index (χ4n) is 2.07. The van der Waals surface area contributed by atoms with Gasteiger partial charge in [-0.2, -0.15) is 0 Å². The lowest BCUT2D eigenvalue weighted by Crippen LogP contribution is -2.20. The molecular weight excluding hydrogens is 318 g/mol. The number of urea groups is 1. The molecule has 2 aromatic rings. The van der Waals surface area contributed by atoms with Gasteiger partial charge in [0.2, 0.25) is 5.13 Å². The summed E-state index contributed by atoms with van der Waals surface area (Å²) < 4.78 is 5.01. The number of esters is 1. The molecule has 0 fully saturated rings. The van der Waals surface area contributed by atoms with Crippen LogP contribution in [0, 0.1) is 13.8 Å². The van der Waals surface area contributed by atoms with Gasteiger partial charge in [-0.25, -0.2) is 9.59 Å². The number of rotatable bonds is 5. The second-order valence-electron chi connectivity index (χ2n) is 4.78. The Morgan fingerprint density at radius 1 is 1.22 bits per heavy atom. The van der Waals surface area contributed by atoms with Crippen molar-refractivity contribution in [3.05, 3.63) is 21.8 Å². The third kappa shape index (κ3) is 3.86. The highest BCUT2D eigenvalue weighted by Crippen LogP contribution is 2.23. The lowest BCUT2D eigenvalue weighted by molar-refractivity contribution is 0.0525. The van der Waals surface area contributed by atoms with E-state index >= 15 is 0 Å². The molecule has 124 valence electrons. The van der Waals surface area contributed by atoms with Crippen molar-refractivity contribution in [1.29, 1.82) is 0 Å². The van der Waals surface area contributed by atoms with Crippen LogP contribution in [0.1, 0.15) is 40.5 Å². The van der Waals surface area contributed by atoms with Crippen molar-refractivity contribution in [2.24, 2.45) is 0 Å². The van der Waals surface area contributed by atoms with Gasteiger partial charge >= 0.3 is 12.0 Å². The molecule has 3 N–H and O–H groups in total. The number of nitrogens with zero attached hydrogens (tertiary/aromatic N) is 2. The average molecular weight is 337 g/mol. The highest BCUT2D eigenvalue weighted by molar-refractivity contribution is 7.15. The zero-order valence-corrected chi connectivity index (χ0v) is 14.3. The van der Waals surface area contributed by atoms with E-state index in [2.05, 4.69) is 25.8 Å². The van der Waals surface area contributed by atoms with E-state index in [1.807, 2.05) is 6.92 Å². The Balaban J connectivity index is 2.09. The normalized spacial score (nSPS) is 10.4. The first-order valence-corrected chi connectivity index (χ1v) is 8.04. The van der Waals surface area contributed by atoms with Crippen LogP contribution < -0.4 is 10.6 Å². The average Bonchev–Trinajstić information content (AvgIpc) is 3.04. The van der Waals surface area contributed by atoms with Gasteiger partial charge in [0, 0.05) is 11.3 Å². The first kappa shape index (κ1) is 16.9. The summed E-state index contributed by atoms with van der Waals surface area (Å²) in [6.45, 7) is 7.50. The van der Waals surface area contributed by atoms with Gasteiger partial charge < -0.3 is 9.72 Å². The largest absolute Gasteiger partial charge is 0.462 e. The lowest BCUT2D eigenvalue weighted by atomic mass is 10.1. The van der Waals surface area contributed by atoms with Crippen LogP contribution in [-0.4, -0.2) is 33.8 Å². The number of ether oxygens (including phenoxy) is 1. The minimum Gasteiger partial charge on any atom is -0.462 e. The number of carbonyl (C=O) groups is 2. The molecule has 0 saturated heterocycles. The van der Waals surface area contributed by atoms with Crippen LogP contribution in [0.3, 0.4) is 0 Å². The number of nitrogens with one attached hydrogen (secondary N) is 3. The number of aromatic nitrogens is 3. The molecule has 9 heteroatoms. The summed E-state index contributed by atoms with van der Waals surface area (Å²) >= 11 is 1.32. The maximum atomic E-state index is 12.0. The number of carbonyl (C=O) groups excluding carboxylic acids is 2. The van der Waals surface area contributed by atoms with E-state index in [0.717, 1.165) is 11.4 Å². The Morgan fingerprint density at radius 3 is 2.57 bits per heavy atom. The summed E-state index contributed by atoms with van der Waals surface area (Å²) in [7, 11) is 0. The number of hydrogen-bond donors (Lipinski definition) is 3. The van der Waals surface area contributed by atoms with Gasteiger partial charge in [0.15, 0.2) is 0 Å². The lowest BCUT2D eigenvalue weighted by Gasteiger charge is -2.05. The van der Waals surface area contributed by atoms with Crippen LogP contribution in [0.4, 0.5) is 15.7 Å². The standard InChI is InChI=1S/C14H19N5O3S/c1-5-9-18-19-14(23-9)17-13(21)16-11-7(3)10(8(4)15-11)12(20)22-6-2/h15H,5-6H2,1-4H3,(H2,16,17,19,21). The van der Waals surface area contributed by atoms with E-state index in [1.165, 1.54) is 11.3 Å². The number of aryl methyl sites for hydroxylation is 2. The molecule has 0 aliphatic heterocycles. The number of amides is 2. The van der Waals surface area contributed by atoms with Gasteiger partial charge in [0.05, 0.1) is 12.2 Å². The molecule has 0 unspecified atom stereocenters. The zero-order valence-electron chi connectivity index (χ0n) is 13.4. The third-order valence-electron chi connectivity index (χ3n) is 3.15. The smallest absolute Gasteiger partial charge is 0.340 e. The molecule has 8 nitrogen and oxygen atoms in total. The van der Waals surface area contributed by atoms with Crippen molar-refractivity contribution in [1.82, 2.24) is 15.2 Å². The second-order valence-corrected chi connectivity index (χ2v) is 5.84. The Kier molecular flexibility index (Phi) is 5.32. The van der Waals surface area contributed by atoms with E-state index in [1.54, 1.807) is 20.8 Å². The van der Waals surface area contributed by atoms with Crippen LogP contribution >= 0.6 is 11.3 Å². The van der Waals surface area contributed by atoms with Crippen molar-refractivity contribution < 1.29 is 14.3 Å². The molecule has 2 heterocycles. The molecule has 23 heavy (non-hydrogen) atoms. The van der Waals surface area contributed by atoms with Gasteiger partial charge in [-0.15, -0.1) is 10.2 Å². The molecule has 0 radical (unpaired) electrons. The van der Waals surface area contributed by atoms with Crippen LogP contribution in [-0.2, 0) is 11.2 Å². The molecular formula is C14H19N5O3S. The van der Waals surface area contributed by atoms with Crippen LogP contribution in [0.25, 0.3) is 0 Å². The van der Waals surface area contributed by atoms with Crippen molar-refractivity contribution in [3.63, 3.8) is 0 Å². The predicted molar refractivity (Wildman–Crippen MR) is 88.2 cm³/mol. The minimum absolute atomic E-state index is 0.295. The topological polar surface area (TPSA) is 109 Å². The summed E-state index contributed by atoms with van der Waals surface area (Å²) in [5, 5.41) is 14.4. The summed E-state index contributed by atoms with van der Waals surface area (Å²) in [5.74, 6) is 0.0344. The molecule has 0 aliphatic carbocycles. The van der Waals surface area contributed by atoms with Crippen LogP contribution in [0.15, 0.2) is 0 Å². The maximum absolute atomic E-state index is 12.0. The van der Waals surface area contributed by atoms with Crippen molar-refractivity contribution in [3.8, 4) is 0 Å². The first-order chi connectivity index (χ1) is 11.0. The van der Waals surface area contributed by atoms with Crippen molar-refractivity contribution >= 4 is 34.3 Å². The van der Waals surface area contributed by atoms with Crippen LogP contribution in [0.5, 0.6) is 0 Å². The minimum atomic E-state index is -0.455. The van der Waals surface area contributed by atoms with Gasteiger partial charge in [-0.05, 0) is 27.2 Å². The second kappa shape index (κ2) is 7.23. The molecule has 2 aromatic heterocycles. The van der Waals surface area contributed by atoms with Crippen molar-refractivity contribution in [2.45, 2.75) is 34.1 Å². The SMILES string of the molecule is CCOC(=O)c1c(C)[nH]c(NC(=O)Nc2nnc(CC)s2)c1C. The fourth-order valence-corrected chi connectivity index (χ4v) is 2.75. The highest BCUT2D eigenvalue weighted by atomic mass is 32.1. The summed E-state index contributed by atoms with van der Waals surface area (Å²) in [4.78, 5) is 26.9. The predicted octanol–water partition coefficient (Wildman–Crippen LogP) is 2.87. The monoisotopic (exact) mass is 337 g/mol. The zero-order chi connectivity index (χ0) is 17.0. The van der Waals surface area contributed by atoms with E-state index in [4.69, 9.17) is 4.74 Å². The van der Waals surface area contributed by atoms with Gasteiger partial charge in [-0.1, -0.05) is 18.3 Å². The number of anilines is 2. The number of hydrogen-bond acceptors (Lipinski definition) is 6. The molecule has 0 aromatic carbocycles. The fraction of sp³-hybridized carbons (Fsp3) is 0.429. The molecule has 2 rings (SSSR count). The molecule has 0 aliphatic rings. The van der Waals surface area contributed by atoms with E-state index in [9.17, 15) is 9.59 Å². The number of aromatic amines is 1. The molecule has 0 atom stereocenters. The Hall–Kier alpha value is -2.42. The molecule has 2 amide bonds. The van der Waals surface area contributed by atoms with Crippen LogP contribution in [0.2, 0.25) is 0 Å². The van der Waals surface area contributed by atoms with E-state index in [-0.39, 0.29) is 0 Å². The van der Waals surface area contributed by atoms with E-state index < -0.39 is 12.0 Å².